The molecule has 0 saturated carbocycles. The standard InChI is InChI=1S/C13H6Br2F4/c14-6-1-2-7(9(16)3-6)13(15)8-4-11(18)12(19)5-10(8)17/h1-5,13H. The van der Waals surface area contributed by atoms with Crippen molar-refractivity contribution in [2.24, 2.45) is 0 Å². The van der Waals surface area contributed by atoms with Gasteiger partial charge < -0.3 is 0 Å². The van der Waals surface area contributed by atoms with E-state index in [1.165, 1.54) is 12.1 Å². The average molecular weight is 398 g/mol. The second kappa shape index (κ2) is 5.63. The molecule has 0 aliphatic carbocycles. The first-order valence-corrected chi connectivity index (χ1v) is 6.84. The lowest BCUT2D eigenvalue weighted by Crippen LogP contribution is -2.02. The van der Waals surface area contributed by atoms with Crippen molar-refractivity contribution in [3.63, 3.8) is 0 Å². The summed E-state index contributed by atoms with van der Waals surface area (Å²) in [5.41, 5.74) is -0.0340. The zero-order valence-electron chi connectivity index (χ0n) is 9.23. The summed E-state index contributed by atoms with van der Waals surface area (Å²) in [6, 6.07) is 5.37. The van der Waals surface area contributed by atoms with Gasteiger partial charge in [0.2, 0.25) is 0 Å². The Morgan fingerprint density at radius 3 is 1.95 bits per heavy atom. The number of rotatable bonds is 2. The van der Waals surface area contributed by atoms with Crippen molar-refractivity contribution >= 4 is 31.9 Å². The molecule has 6 heteroatoms. The average Bonchev–Trinajstić information content (AvgIpc) is 2.33. The molecule has 0 heterocycles. The van der Waals surface area contributed by atoms with Crippen LogP contribution in [0.5, 0.6) is 0 Å². The summed E-state index contributed by atoms with van der Waals surface area (Å²) in [5, 5.41) is 0. The molecule has 2 aromatic rings. The lowest BCUT2D eigenvalue weighted by Gasteiger charge is -2.13. The second-order valence-electron chi connectivity index (χ2n) is 3.82. The molecule has 1 unspecified atom stereocenters. The molecular formula is C13H6Br2F4. The molecule has 0 radical (unpaired) electrons. The van der Waals surface area contributed by atoms with Gasteiger partial charge in [-0.05, 0) is 18.2 Å². The third-order valence-corrected chi connectivity index (χ3v) is 4.03. The number of halogens is 6. The van der Waals surface area contributed by atoms with Crippen LogP contribution in [0.25, 0.3) is 0 Å². The Morgan fingerprint density at radius 2 is 1.32 bits per heavy atom. The van der Waals surface area contributed by atoms with E-state index in [1.807, 2.05) is 0 Å². The normalized spacial score (nSPS) is 12.5. The van der Waals surface area contributed by atoms with E-state index in [9.17, 15) is 17.6 Å². The van der Waals surface area contributed by atoms with Gasteiger partial charge in [-0.25, -0.2) is 17.6 Å². The van der Waals surface area contributed by atoms with Crippen LogP contribution in [0.2, 0.25) is 0 Å². The van der Waals surface area contributed by atoms with E-state index in [0.29, 0.717) is 16.6 Å². The van der Waals surface area contributed by atoms with Crippen LogP contribution in [0.4, 0.5) is 17.6 Å². The molecule has 0 N–H and O–H groups in total. The Morgan fingerprint density at radius 1 is 0.737 bits per heavy atom. The Hall–Kier alpha value is -0.880. The van der Waals surface area contributed by atoms with Crippen molar-refractivity contribution in [2.75, 3.05) is 0 Å². The van der Waals surface area contributed by atoms with Gasteiger partial charge in [0.25, 0.3) is 0 Å². The molecule has 0 saturated heterocycles. The Bertz CT molecular complexity index is 628. The van der Waals surface area contributed by atoms with Gasteiger partial charge in [-0.1, -0.05) is 37.9 Å². The largest absolute Gasteiger partial charge is 0.207 e. The zero-order valence-corrected chi connectivity index (χ0v) is 12.4. The van der Waals surface area contributed by atoms with Crippen LogP contribution in [-0.4, -0.2) is 0 Å². The highest BCUT2D eigenvalue weighted by Crippen LogP contribution is 2.35. The van der Waals surface area contributed by atoms with Crippen LogP contribution >= 0.6 is 31.9 Å². The molecule has 100 valence electrons. The van der Waals surface area contributed by atoms with Gasteiger partial charge in [0, 0.05) is 21.7 Å². The maximum Gasteiger partial charge on any atom is 0.161 e. The topological polar surface area (TPSA) is 0 Å². The van der Waals surface area contributed by atoms with Gasteiger partial charge in [0.1, 0.15) is 11.6 Å². The molecule has 0 fully saturated rings. The molecule has 0 bridgehead atoms. The predicted molar refractivity (Wildman–Crippen MR) is 71.2 cm³/mol. The molecule has 0 aliphatic rings. The lowest BCUT2D eigenvalue weighted by atomic mass is 10.0. The third-order valence-electron chi connectivity index (χ3n) is 2.55. The van der Waals surface area contributed by atoms with Crippen LogP contribution in [0.15, 0.2) is 34.8 Å². The number of hydrogen-bond acceptors (Lipinski definition) is 0. The first-order chi connectivity index (χ1) is 8.90. The van der Waals surface area contributed by atoms with E-state index in [1.54, 1.807) is 6.07 Å². The van der Waals surface area contributed by atoms with Crippen LogP contribution in [0, 0.1) is 23.3 Å². The quantitative estimate of drug-likeness (QED) is 0.357. The second-order valence-corrected chi connectivity index (χ2v) is 5.65. The number of hydrogen-bond donors (Lipinski definition) is 0. The molecule has 0 spiro atoms. The Kier molecular flexibility index (Phi) is 4.30. The third kappa shape index (κ3) is 3.00. The van der Waals surface area contributed by atoms with Gasteiger partial charge >= 0.3 is 0 Å². The lowest BCUT2D eigenvalue weighted by molar-refractivity contribution is 0.490. The van der Waals surface area contributed by atoms with Crippen molar-refractivity contribution in [3.05, 3.63) is 69.2 Å². The van der Waals surface area contributed by atoms with Crippen molar-refractivity contribution in [2.45, 2.75) is 4.83 Å². The van der Waals surface area contributed by atoms with Crippen molar-refractivity contribution < 1.29 is 17.6 Å². The first kappa shape index (κ1) is 14.5. The van der Waals surface area contributed by atoms with E-state index in [-0.39, 0.29) is 11.1 Å². The zero-order chi connectivity index (χ0) is 14.2. The minimum Gasteiger partial charge on any atom is -0.207 e. The Balaban J connectivity index is 2.49. The monoisotopic (exact) mass is 396 g/mol. The fourth-order valence-corrected chi connectivity index (χ4v) is 2.66. The summed E-state index contributed by atoms with van der Waals surface area (Å²) in [6.45, 7) is 0. The van der Waals surface area contributed by atoms with Crippen molar-refractivity contribution in [3.8, 4) is 0 Å². The van der Waals surface area contributed by atoms with Crippen molar-refractivity contribution in [1.82, 2.24) is 0 Å². The van der Waals surface area contributed by atoms with Crippen LogP contribution < -0.4 is 0 Å². The molecule has 0 aliphatic heterocycles. The molecule has 2 rings (SSSR count). The molecule has 0 nitrogen and oxygen atoms in total. The minimum atomic E-state index is -1.28. The summed E-state index contributed by atoms with van der Waals surface area (Å²) in [4.78, 5) is -0.907. The smallest absolute Gasteiger partial charge is 0.161 e. The molecule has 1 atom stereocenters. The summed E-state index contributed by atoms with van der Waals surface area (Å²) >= 11 is 6.19. The van der Waals surface area contributed by atoms with Crippen LogP contribution in [0.1, 0.15) is 16.0 Å². The maximum atomic E-state index is 13.7. The van der Waals surface area contributed by atoms with Gasteiger partial charge in [0.15, 0.2) is 11.6 Å². The summed E-state index contributed by atoms with van der Waals surface area (Å²) < 4.78 is 53.9. The summed E-state index contributed by atoms with van der Waals surface area (Å²) in [6.07, 6.45) is 0. The van der Waals surface area contributed by atoms with E-state index in [0.717, 1.165) is 0 Å². The fraction of sp³-hybridized carbons (Fsp3) is 0.0769. The summed E-state index contributed by atoms with van der Waals surface area (Å²) in [5.74, 6) is -3.99. The maximum absolute atomic E-state index is 13.7. The molecule has 0 aromatic heterocycles. The Labute approximate surface area is 123 Å². The highest BCUT2D eigenvalue weighted by molar-refractivity contribution is 9.10. The highest BCUT2D eigenvalue weighted by atomic mass is 79.9. The van der Waals surface area contributed by atoms with Crippen molar-refractivity contribution in [1.29, 1.82) is 0 Å². The SMILES string of the molecule is Fc1cc(F)c(C(Br)c2ccc(Br)cc2F)cc1F. The first-order valence-electron chi connectivity index (χ1n) is 5.13. The number of benzene rings is 2. The predicted octanol–water partition coefficient (Wildman–Crippen LogP) is 5.49. The van der Waals surface area contributed by atoms with Gasteiger partial charge in [-0.2, -0.15) is 0 Å². The minimum absolute atomic E-state index is 0.133. The van der Waals surface area contributed by atoms with Gasteiger partial charge in [-0.15, -0.1) is 0 Å². The van der Waals surface area contributed by atoms with Crippen LogP contribution in [-0.2, 0) is 0 Å². The van der Waals surface area contributed by atoms with E-state index >= 15 is 0 Å². The van der Waals surface area contributed by atoms with Gasteiger partial charge in [0.05, 0.1) is 4.83 Å². The molecule has 2 aromatic carbocycles. The van der Waals surface area contributed by atoms with Gasteiger partial charge in [-0.3, -0.25) is 0 Å². The molecule has 19 heavy (non-hydrogen) atoms. The molecule has 0 amide bonds. The fourth-order valence-electron chi connectivity index (χ4n) is 1.61. The van der Waals surface area contributed by atoms with E-state index in [4.69, 9.17) is 0 Å². The highest BCUT2D eigenvalue weighted by Gasteiger charge is 2.20. The molecular weight excluding hydrogens is 392 g/mol. The van der Waals surface area contributed by atoms with E-state index in [2.05, 4.69) is 31.9 Å². The summed E-state index contributed by atoms with van der Waals surface area (Å²) in [7, 11) is 0. The number of alkyl halides is 1. The van der Waals surface area contributed by atoms with Crippen LogP contribution in [0.3, 0.4) is 0 Å². The van der Waals surface area contributed by atoms with E-state index < -0.39 is 28.1 Å².